The predicted molar refractivity (Wildman–Crippen MR) is 74.7 cm³/mol. The van der Waals surface area contributed by atoms with Gasteiger partial charge in [-0.2, -0.15) is 0 Å². The molecule has 2 atom stereocenters. The van der Waals surface area contributed by atoms with E-state index >= 15 is 0 Å². The van der Waals surface area contributed by atoms with E-state index in [1.54, 1.807) is 6.92 Å². The van der Waals surface area contributed by atoms with Crippen LogP contribution in [0.3, 0.4) is 0 Å². The highest BCUT2D eigenvalue weighted by molar-refractivity contribution is 5.86. The summed E-state index contributed by atoms with van der Waals surface area (Å²) in [6.07, 6.45) is 2.35. The number of amides is 1. The Hall–Kier alpha value is -1.85. The van der Waals surface area contributed by atoms with Gasteiger partial charge in [0.15, 0.2) is 0 Å². The van der Waals surface area contributed by atoms with Crippen molar-refractivity contribution in [2.45, 2.75) is 25.4 Å². The highest BCUT2D eigenvalue weighted by Crippen LogP contribution is 2.18. The summed E-state index contributed by atoms with van der Waals surface area (Å²) in [5, 5.41) is 12.7. The normalized spacial score (nSPS) is 14.3. The van der Waals surface area contributed by atoms with Gasteiger partial charge in [-0.3, -0.25) is 4.79 Å². The number of aliphatic hydroxyl groups is 1. The molecule has 1 aromatic heterocycles. The third-order valence-corrected chi connectivity index (χ3v) is 3.11. The molecule has 0 aliphatic rings. The fourth-order valence-corrected chi connectivity index (χ4v) is 2.03. The minimum absolute atomic E-state index is 0.0917. The molecule has 2 aromatic rings. The summed E-state index contributed by atoms with van der Waals surface area (Å²) in [4.78, 5) is 15.0. The van der Waals surface area contributed by atoms with Crippen LogP contribution in [0, 0.1) is 0 Å². The highest BCUT2D eigenvalue weighted by Gasteiger charge is 2.17. The van der Waals surface area contributed by atoms with E-state index in [9.17, 15) is 4.79 Å². The molecular formula is C14H19N3O2. The van der Waals surface area contributed by atoms with E-state index in [4.69, 9.17) is 10.8 Å². The summed E-state index contributed by atoms with van der Waals surface area (Å²) in [6, 6.07) is 7.01. The number of aromatic amines is 1. The van der Waals surface area contributed by atoms with Crippen molar-refractivity contribution in [3.63, 3.8) is 0 Å². The second-order valence-corrected chi connectivity index (χ2v) is 4.76. The number of aromatic nitrogens is 1. The zero-order chi connectivity index (χ0) is 13.8. The summed E-state index contributed by atoms with van der Waals surface area (Å²) in [5.74, 6) is -0.244. The largest absolute Gasteiger partial charge is 0.394 e. The first-order chi connectivity index (χ1) is 9.11. The van der Waals surface area contributed by atoms with Gasteiger partial charge in [-0.15, -0.1) is 0 Å². The minimum atomic E-state index is -0.617. The van der Waals surface area contributed by atoms with Crippen molar-refractivity contribution in [1.82, 2.24) is 10.3 Å². The fraction of sp³-hybridized carbons (Fsp3) is 0.357. The van der Waals surface area contributed by atoms with Crippen LogP contribution >= 0.6 is 0 Å². The van der Waals surface area contributed by atoms with E-state index in [1.807, 2.05) is 30.5 Å². The Labute approximate surface area is 111 Å². The maximum Gasteiger partial charge on any atom is 0.237 e. The van der Waals surface area contributed by atoms with Crippen molar-refractivity contribution in [3.05, 3.63) is 36.0 Å². The standard InChI is InChI=1S/C14H19N3O2/c1-9(8-18)17-14(19)12(15)6-10-7-16-13-5-3-2-4-11(10)13/h2-5,7,9,12,16,18H,6,8,15H2,1H3,(H,17,19)/t9-,12+/m1/s1. The van der Waals surface area contributed by atoms with Gasteiger partial charge in [0.05, 0.1) is 12.6 Å². The smallest absolute Gasteiger partial charge is 0.237 e. The molecule has 5 nitrogen and oxygen atoms in total. The molecule has 0 aliphatic carbocycles. The quantitative estimate of drug-likeness (QED) is 0.633. The molecule has 5 N–H and O–H groups in total. The van der Waals surface area contributed by atoms with Gasteiger partial charge in [0.1, 0.15) is 0 Å². The molecule has 0 fully saturated rings. The molecule has 5 heteroatoms. The lowest BCUT2D eigenvalue weighted by molar-refractivity contribution is -0.123. The third kappa shape index (κ3) is 3.13. The van der Waals surface area contributed by atoms with Crippen LogP contribution < -0.4 is 11.1 Å². The van der Waals surface area contributed by atoms with Crippen LogP contribution in [0.1, 0.15) is 12.5 Å². The number of carbonyl (C=O) groups is 1. The first-order valence-corrected chi connectivity index (χ1v) is 6.33. The number of fused-ring (bicyclic) bond motifs is 1. The number of para-hydroxylation sites is 1. The van der Waals surface area contributed by atoms with Crippen LogP contribution in [0.15, 0.2) is 30.5 Å². The average molecular weight is 261 g/mol. The number of carbonyl (C=O) groups excluding carboxylic acids is 1. The van der Waals surface area contributed by atoms with Gasteiger partial charge in [0, 0.05) is 23.1 Å². The Morgan fingerprint density at radius 1 is 1.47 bits per heavy atom. The molecule has 1 amide bonds. The van der Waals surface area contributed by atoms with E-state index in [0.717, 1.165) is 16.5 Å². The summed E-state index contributed by atoms with van der Waals surface area (Å²) in [6.45, 7) is 1.64. The lowest BCUT2D eigenvalue weighted by Gasteiger charge is -2.15. The van der Waals surface area contributed by atoms with Crippen molar-refractivity contribution < 1.29 is 9.90 Å². The Balaban J connectivity index is 2.06. The molecule has 102 valence electrons. The molecular weight excluding hydrogens is 242 g/mol. The van der Waals surface area contributed by atoms with E-state index in [-0.39, 0.29) is 18.6 Å². The maximum absolute atomic E-state index is 11.8. The van der Waals surface area contributed by atoms with Gasteiger partial charge >= 0.3 is 0 Å². The number of rotatable bonds is 5. The van der Waals surface area contributed by atoms with Crippen LogP contribution in [0.5, 0.6) is 0 Å². The van der Waals surface area contributed by atoms with Crippen molar-refractivity contribution in [3.8, 4) is 0 Å². The summed E-state index contributed by atoms with van der Waals surface area (Å²) in [5.41, 5.74) is 7.95. The summed E-state index contributed by atoms with van der Waals surface area (Å²) >= 11 is 0. The van der Waals surface area contributed by atoms with Crippen molar-refractivity contribution in [2.24, 2.45) is 5.73 Å². The number of nitrogens with two attached hydrogens (primary N) is 1. The first-order valence-electron chi connectivity index (χ1n) is 6.33. The fourth-order valence-electron chi connectivity index (χ4n) is 2.03. The second-order valence-electron chi connectivity index (χ2n) is 4.76. The molecule has 0 saturated carbocycles. The van der Waals surface area contributed by atoms with Gasteiger partial charge in [0.2, 0.25) is 5.91 Å². The lowest BCUT2D eigenvalue weighted by atomic mass is 10.0. The van der Waals surface area contributed by atoms with Gasteiger partial charge in [-0.05, 0) is 25.0 Å². The van der Waals surface area contributed by atoms with Crippen LogP contribution in [0.4, 0.5) is 0 Å². The molecule has 0 radical (unpaired) electrons. The van der Waals surface area contributed by atoms with Gasteiger partial charge < -0.3 is 21.1 Å². The van der Waals surface area contributed by atoms with E-state index in [1.165, 1.54) is 0 Å². The Morgan fingerprint density at radius 2 is 2.21 bits per heavy atom. The van der Waals surface area contributed by atoms with Crippen LogP contribution in [0.25, 0.3) is 10.9 Å². The molecule has 0 unspecified atom stereocenters. The minimum Gasteiger partial charge on any atom is -0.394 e. The van der Waals surface area contributed by atoms with E-state index in [2.05, 4.69) is 10.3 Å². The first kappa shape index (κ1) is 13.6. The van der Waals surface area contributed by atoms with Crippen molar-refractivity contribution >= 4 is 16.8 Å². The van der Waals surface area contributed by atoms with Crippen molar-refractivity contribution in [1.29, 1.82) is 0 Å². The topological polar surface area (TPSA) is 91.1 Å². The van der Waals surface area contributed by atoms with Crippen LogP contribution in [-0.4, -0.2) is 34.7 Å². The molecule has 19 heavy (non-hydrogen) atoms. The number of aliphatic hydroxyl groups excluding tert-OH is 1. The molecule has 0 saturated heterocycles. The van der Waals surface area contributed by atoms with Crippen molar-refractivity contribution in [2.75, 3.05) is 6.61 Å². The molecule has 0 bridgehead atoms. The number of hydrogen-bond acceptors (Lipinski definition) is 3. The number of nitrogens with one attached hydrogen (secondary N) is 2. The molecule has 0 aliphatic heterocycles. The number of benzene rings is 1. The van der Waals surface area contributed by atoms with Gasteiger partial charge in [0.25, 0.3) is 0 Å². The SMILES string of the molecule is C[C@H](CO)NC(=O)[C@@H](N)Cc1c[nH]c2ccccc12. The molecule has 1 aromatic carbocycles. The maximum atomic E-state index is 11.8. The zero-order valence-electron chi connectivity index (χ0n) is 10.9. The molecule has 0 spiro atoms. The summed E-state index contributed by atoms with van der Waals surface area (Å²) in [7, 11) is 0. The summed E-state index contributed by atoms with van der Waals surface area (Å²) < 4.78 is 0. The Morgan fingerprint density at radius 3 is 2.95 bits per heavy atom. The monoisotopic (exact) mass is 261 g/mol. The second kappa shape index (κ2) is 5.86. The third-order valence-electron chi connectivity index (χ3n) is 3.11. The highest BCUT2D eigenvalue weighted by atomic mass is 16.3. The lowest BCUT2D eigenvalue weighted by Crippen LogP contribution is -2.46. The van der Waals surface area contributed by atoms with Crippen LogP contribution in [0.2, 0.25) is 0 Å². The van der Waals surface area contributed by atoms with Crippen LogP contribution in [-0.2, 0) is 11.2 Å². The average Bonchev–Trinajstić information content (AvgIpc) is 2.82. The van der Waals surface area contributed by atoms with Gasteiger partial charge in [-0.1, -0.05) is 18.2 Å². The number of hydrogen-bond donors (Lipinski definition) is 4. The number of H-pyrrole nitrogens is 1. The Bertz CT molecular complexity index is 565. The van der Waals surface area contributed by atoms with E-state index in [0.29, 0.717) is 6.42 Å². The van der Waals surface area contributed by atoms with E-state index < -0.39 is 6.04 Å². The molecule has 2 rings (SSSR count). The predicted octanol–water partition coefficient (Wildman–Crippen LogP) is 0.535. The zero-order valence-corrected chi connectivity index (χ0v) is 10.9. The Kier molecular flexibility index (Phi) is 4.19. The van der Waals surface area contributed by atoms with Gasteiger partial charge in [-0.25, -0.2) is 0 Å². The molecule has 1 heterocycles.